The molecule has 0 N–H and O–H groups in total. The number of hydrogen-bond donors (Lipinski definition) is 0. The van der Waals surface area contributed by atoms with Crippen LogP contribution in [0.2, 0.25) is 0 Å². The molecule has 0 aliphatic rings. The zero-order valence-electron chi connectivity index (χ0n) is 7.27. The van der Waals surface area contributed by atoms with Crippen LogP contribution in [0.25, 0.3) is 11.2 Å². The van der Waals surface area contributed by atoms with E-state index in [1.807, 2.05) is 13.0 Å². The highest BCUT2D eigenvalue weighted by molar-refractivity contribution is 5.87. The van der Waals surface area contributed by atoms with Gasteiger partial charge < -0.3 is 0 Å². The minimum Gasteiger partial charge on any atom is -0.274 e. The van der Waals surface area contributed by atoms with Crippen molar-refractivity contribution in [3.63, 3.8) is 0 Å². The van der Waals surface area contributed by atoms with Crippen LogP contribution in [0, 0.1) is 0 Å². The maximum absolute atomic E-state index is 11.4. The van der Waals surface area contributed by atoms with Crippen molar-refractivity contribution < 1.29 is 4.79 Å². The van der Waals surface area contributed by atoms with Gasteiger partial charge in [-0.1, -0.05) is 6.92 Å². The van der Waals surface area contributed by atoms with E-state index in [4.69, 9.17) is 0 Å². The van der Waals surface area contributed by atoms with Gasteiger partial charge in [0.25, 0.3) is 0 Å². The maximum Gasteiger partial charge on any atom is 0.233 e. The Morgan fingerprint density at radius 2 is 2.38 bits per heavy atom. The van der Waals surface area contributed by atoms with Crippen molar-refractivity contribution in [3.8, 4) is 0 Å². The zero-order valence-corrected chi connectivity index (χ0v) is 7.27. The van der Waals surface area contributed by atoms with E-state index < -0.39 is 0 Å². The van der Waals surface area contributed by atoms with E-state index in [0.29, 0.717) is 12.1 Å². The Hall–Kier alpha value is -1.71. The van der Waals surface area contributed by atoms with E-state index in [0.717, 1.165) is 5.52 Å². The van der Waals surface area contributed by atoms with Gasteiger partial charge in [0, 0.05) is 12.6 Å². The highest BCUT2D eigenvalue weighted by Gasteiger charge is 2.07. The smallest absolute Gasteiger partial charge is 0.233 e. The Bertz CT molecular complexity index is 447. The van der Waals surface area contributed by atoms with Crippen LogP contribution in [0.4, 0.5) is 0 Å². The number of fused-ring (bicyclic) bond motifs is 1. The van der Waals surface area contributed by atoms with Crippen LogP contribution in [-0.2, 0) is 0 Å². The van der Waals surface area contributed by atoms with E-state index >= 15 is 0 Å². The maximum atomic E-state index is 11.4. The predicted molar refractivity (Wildman–Crippen MR) is 48.4 cm³/mol. The van der Waals surface area contributed by atoms with Crippen molar-refractivity contribution in [2.45, 2.75) is 13.3 Å². The molecule has 2 rings (SSSR count). The first kappa shape index (κ1) is 7.91. The van der Waals surface area contributed by atoms with Crippen molar-refractivity contribution in [2.75, 3.05) is 0 Å². The highest BCUT2D eigenvalue weighted by atomic mass is 16.2. The Morgan fingerprint density at radius 3 is 3.15 bits per heavy atom. The number of aromatic nitrogens is 3. The summed E-state index contributed by atoms with van der Waals surface area (Å²) in [6.45, 7) is 1.82. The van der Waals surface area contributed by atoms with Gasteiger partial charge in [-0.3, -0.25) is 9.36 Å². The second-order valence-corrected chi connectivity index (χ2v) is 2.71. The lowest BCUT2D eigenvalue weighted by Crippen LogP contribution is -2.07. The molecule has 0 saturated carbocycles. The largest absolute Gasteiger partial charge is 0.274 e. The van der Waals surface area contributed by atoms with Gasteiger partial charge in [-0.25, -0.2) is 9.97 Å². The third kappa shape index (κ3) is 1.20. The number of carbonyl (C=O) groups excluding carboxylic acids is 1. The SMILES string of the molecule is CCC(=O)n1cnc2cccnc21. The monoisotopic (exact) mass is 175 g/mol. The van der Waals surface area contributed by atoms with E-state index in [1.165, 1.54) is 10.9 Å². The summed E-state index contributed by atoms with van der Waals surface area (Å²) >= 11 is 0. The summed E-state index contributed by atoms with van der Waals surface area (Å²) in [5.74, 6) is 0.0150. The molecule has 4 nitrogen and oxygen atoms in total. The number of rotatable bonds is 1. The van der Waals surface area contributed by atoms with Crippen LogP contribution in [0.15, 0.2) is 24.7 Å². The molecule has 0 aliphatic carbocycles. The van der Waals surface area contributed by atoms with E-state index in [9.17, 15) is 4.79 Å². The topological polar surface area (TPSA) is 47.8 Å². The molecule has 0 atom stereocenters. The Morgan fingerprint density at radius 1 is 1.54 bits per heavy atom. The van der Waals surface area contributed by atoms with Crippen LogP contribution in [0.5, 0.6) is 0 Å². The van der Waals surface area contributed by atoms with Crippen LogP contribution < -0.4 is 0 Å². The minimum atomic E-state index is 0.0150. The first-order chi connectivity index (χ1) is 6.33. The molecule has 0 radical (unpaired) electrons. The number of carbonyl (C=O) groups is 1. The first-order valence-corrected chi connectivity index (χ1v) is 4.14. The first-order valence-electron chi connectivity index (χ1n) is 4.14. The van der Waals surface area contributed by atoms with Gasteiger partial charge in [0.15, 0.2) is 5.65 Å². The van der Waals surface area contributed by atoms with E-state index in [1.54, 1.807) is 12.3 Å². The lowest BCUT2D eigenvalue weighted by atomic mass is 10.4. The molecular weight excluding hydrogens is 166 g/mol. The summed E-state index contributed by atoms with van der Waals surface area (Å²) in [5.41, 5.74) is 1.39. The fraction of sp³-hybridized carbons (Fsp3) is 0.222. The summed E-state index contributed by atoms with van der Waals surface area (Å²) in [6.07, 6.45) is 3.63. The molecule has 0 bridgehead atoms. The molecule has 4 heteroatoms. The lowest BCUT2D eigenvalue weighted by Gasteiger charge is -1.97. The van der Waals surface area contributed by atoms with E-state index in [2.05, 4.69) is 9.97 Å². The zero-order chi connectivity index (χ0) is 9.26. The van der Waals surface area contributed by atoms with Gasteiger partial charge in [-0.2, -0.15) is 0 Å². The van der Waals surface area contributed by atoms with Crippen molar-refractivity contribution in [1.29, 1.82) is 0 Å². The predicted octanol–water partition coefficient (Wildman–Crippen LogP) is 1.48. The number of imidazole rings is 1. The Labute approximate surface area is 75.2 Å². The molecule has 0 amide bonds. The van der Waals surface area contributed by atoms with Crippen LogP contribution >= 0.6 is 0 Å². The average Bonchev–Trinajstić information content (AvgIpc) is 2.60. The fourth-order valence-corrected chi connectivity index (χ4v) is 1.20. The molecule has 0 spiro atoms. The molecular formula is C9H9N3O. The number of pyridine rings is 1. The second kappa shape index (κ2) is 2.97. The lowest BCUT2D eigenvalue weighted by molar-refractivity contribution is 0.0913. The third-order valence-corrected chi connectivity index (χ3v) is 1.88. The molecule has 66 valence electrons. The molecule has 0 saturated heterocycles. The summed E-state index contributed by atoms with van der Waals surface area (Å²) in [7, 11) is 0. The summed E-state index contributed by atoms with van der Waals surface area (Å²) < 4.78 is 1.48. The quantitative estimate of drug-likeness (QED) is 0.659. The average molecular weight is 175 g/mol. The number of hydrogen-bond acceptors (Lipinski definition) is 3. The summed E-state index contributed by atoms with van der Waals surface area (Å²) in [4.78, 5) is 19.5. The fourth-order valence-electron chi connectivity index (χ4n) is 1.20. The van der Waals surface area contributed by atoms with Crippen molar-refractivity contribution in [3.05, 3.63) is 24.7 Å². The molecule has 0 unspecified atom stereocenters. The van der Waals surface area contributed by atoms with Gasteiger partial charge in [-0.15, -0.1) is 0 Å². The van der Waals surface area contributed by atoms with E-state index in [-0.39, 0.29) is 5.91 Å². The summed E-state index contributed by atoms with van der Waals surface area (Å²) in [6, 6.07) is 3.64. The molecule has 13 heavy (non-hydrogen) atoms. The Balaban J connectivity index is 2.64. The molecule has 0 aromatic carbocycles. The van der Waals surface area contributed by atoms with Gasteiger partial charge in [0.2, 0.25) is 5.91 Å². The molecule has 2 heterocycles. The normalized spacial score (nSPS) is 10.5. The Kier molecular flexibility index (Phi) is 1.81. The third-order valence-electron chi connectivity index (χ3n) is 1.88. The van der Waals surface area contributed by atoms with Gasteiger partial charge in [-0.05, 0) is 12.1 Å². The summed E-state index contributed by atoms with van der Waals surface area (Å²) in [5, 5.41) is 0. The van der Waals surface area contributed by atoms with Gasteiger partial charge in [0.1, 0.15) is 11.8 Å². The number of nitrogens with zero attached hydrogens (tertiary/aromatic N) is 3. The van der Waals surface area contributed by atoms with Gasteiger partial charge in [0.05, 0.1) is 0 Å². The molecule has 0 aliphatic heterocycles. The van der Waals surface area contributed by atoms with Crippen molar-refractivity contribution in [2.24, 2.45) is 0 Å². The van der Waals surface area contributed by atoms with Crippen LogP contribution in [0.1, 0.15) is 18.1 Å². The van der Waals surface area contributed by atoms with Crippen LogP contribution in [0.3, 0.4) is 0 Å². The van der Waals surface area contributed by atoms with Crippen LogP contribution in [-0.4, -0.2) is 20.4 Å². The minimum absolute atomic E-state index is 0.0150. The standard InChI is InChI=1S/C9H9N3O/c1-2-8(13)12-6-11-7-4-3-5-10-9(7)12/h3-6H,2H2,1H3. The van der Waals surface area contributed by atoms with Gasteiger partial charge >= 0.3 is 0 Å². The van der Waals surface area contributed by atoms with Crippen molar-refractivity contribution >= 4 is 17.1 Å². The highest BCUT2D eigenvalue weighted by Crippen LogP contribution is 2.08. The molecule has 0 fully saturated rings. The molecule has 2 aromatic heterocycles. The second-order valence-electron chi connectivity index (χ2n) is 2.71. The molecule has 2 aromatic rings. The van der Waals surface area contributed by atoms with Crippen molar-refractivity contribution in [1.82, 2.24) is 14.5 Å².